The molecule has 5 nitrogen and oxygen atoms in total. The SMILES string of the molecule is CC(C)c1ccc(-c2csc3ncn(CC(=O)Nc4cccc5ccccc45)c(=O)c23)cc1. The minimum atomic E-state index is -0.271. The molecular formula is C27H23N3O2S. The number of hydrogen-bond donors (Lipinski definition) is 1. The lowest BCUT2D eigenvalue weighted by atomic mass is 9.99. The number of aromatic nitrogens is 2. The van der Waals surface area contributed by atoms with E-state index in [1.54, 1.807) is 0 Å². The summed E-state index contributed by atoms with van der Waals surface area (Å²) >= 11 is 1.44. The number of carbonyl (C=O) groups excluding carboxylic acids is 1. The van der Waals surface area contributed by atoms with Gasteiger partial charge in [-0.15, -0.1) is 11.3 Å². The zero-order chi connectivity index (χ0) is 22.9. The summed E-state index contributed by atoms with van der Waals surface area (Å²) in [5.41, 5.74) is 3.59. The smallest absolute Gasteiger partial charge is 0.263 e. The van der Waals surface area contributed by atoms with Gasteiger partial charge in [0.1, 0.15) is 11.4 Å². The number of benzene rings is 3. The Morgan fingerprint density at radius 2 is 1.79 bits per heavy atom. The maximum Gasteiger partial charge on any atom is 0.263 e. The van der Waals surface area contributed by atoms with Crippen LogP contribution in [0.4, 0.5) is 5.69 Å². The van der Waals surface area contributed by atoms with Gasteiger partial charge in [0.05, 0.1) is 11.7 Å². The third-order valence-corrected chi connectivity index (χ3v) is 6.71. The van der Waals surface area contributed by atoms with Crippen LogP contribution in [0.15, 0.2) is 83.2 Å². The lowest BCUT2D eigenvalue weighted by Crippen LogP contribution is -2.27. The van der Waals surface area contributed by atoms with Crippen molar-refractivity contribution < 1.29 is 4.79 Å². The van der Waals surface area contributed by atoms with Crippen LogP contribution < -0.4 is 10.9 Å². The lowest BCUT2D eigenvalue weighted by Gasteiger charge is -2.10. The number of rotatable bonds is 5. The van der Waals surface area contributed by atoms with Gasteiger partial charge in [-0.1, -0.05) is 74.5 Å². The molecule has 2 aromatic heterocycles. The fraction of sp³-hybridized carbons (Fsp3) is 0.148. The zero-order valence-electron chi connectivity index (χ0n) is 18.4. The van der Waals surface area contributed by atoms with Crippen molar-refractivity contribution in [2.24, 2.45) is 0 Å². The first-order chi connectivity index (χ1) is 16.0. The summed E-state index contributed by atoms with van der Waals surface area (Å²) in [7, 11) is 0. The predicted molar refractivity (Wildman–Crippen MR) is 136 cm³/mol. The summed E-state index contributed by atoms with van der Waals surface area (Å²) in [5, 5.41) is 7.46. The summed E-state index contributed by atoms with van der Waals surface area (Å²) < 4.78 is 1.38. The Bertz CT molecular complexity index is 1530. The molecule has 5 rings (SSSR count). The Hall–Kier alpha value is -3.77. The first-order valence-corrected chi connectivity index (χ1v) is 11.7. The van der Waals surface area contributed by atoms with Crippen molar-refractivity contribution >= 4 is 43.9 Å². The molecule has 5 aromatic rings. The first-order valence-electron chi connectivity index (χ1n) is 10.9. The molecule has 0 fully saturated rings. The summed E-state index contributed by atoms with van der Waals surface area (Å²) in [6, 6.07) is 21.9. The molecule has 6 heteroatoms. The quantitative estimate of drug-likeness (QED) is 0.353. The van der Waals surface area contributed by atoms with Crippen molar-refractivity contribution in [2.75, 3.05) is 5.32 Å². The van der Waals surface area contributed by atoms with Crippen molar-refractivity contribution in [3.8, 4) is 11.1 Å². The van der Waals surface area contributed by atoms with E-state index in [-0.39, 0.29) is 18.0 Å². The predicted octanol–water partition coefficient (Wildman–Crippen LogP) is 6.04. The van der Waals surface area contributed by atoms with Crippen LogP contribution in [0.5, 0.6) is 0 Å². The number of anilines is 1. The number of nitrogens with zero attached hydrogens (tertiary/aromatic N) is 2. The molecule has 1 amide bonds. The van der Waals surface area contributed by atoms with Crippen molar-refractivity contribution in [3.63, 3.8) is 0 Å². The third-order valence-electron chi connectivity index (χ3n) is 5.83. The van der Waals surface area contributed by atoms with Gasteiger partial charge in [0.2, 0.25) is 5.91 Å². The number of carbonyl (C=O) groups is 1. The second-order valence-corrected chi connectivity index (χ2v) is 9.22. The molecule has 0 unspecified atom stereocenters. The molecule has 2 heterocycles. The van der Waals surface area contributed by atoms with Crippen LogP contribution in [0.2, 0.25) is 0 Å². The molecule has 33 heavy (non-hydrogen) atoms. The van der Waals surface area contributed by atoms with E-state index in [2.05, 4.69) is 36.3 Å². The van der Waals surface area contributed by atoms with Gasteiger partial charge in [-0.3, -0.25) is 14.2 Å². The molecule has 0 atom stereocenters. The molecule has 0 aliphatic rings. The highest BCUT2D eigenvalue weighted by Crippen LogP contribution is 2.31. The second kappa shape index (κ2) is 8.64. The van der Waals surface area contributed by atoms with Crippen LogP contribution in [-0.4, -0.2) is 15.5 Å². The number of thiophene rings is 1. The zero-order valence-corrected chi connectivity index (χ0v) is 19.2. The third kappa shape index (κ3) is 4.05. The summed E-state index contributed by atoms with van der Waals surface area (Å²) in [6.45, 7) is 4.20. The topological polar surface area (TPSA) is 64.0 Å². The number of amides is 1. The van der Waals surface area contributed by atoms with Gasteiger partial charge in [-0.05, 0) is 28.5 Å². The molecule has 3 aromatic carbocycles. The second-order valence-electron chi connectivity index (χ2n) is 8.36. The van der Waals surface area contributed by atoms with E-state index in [9.17, 15) is 9.59 Å². The van der Waals surface area contributed by atoms with Crippen LogP contribution in [0.3, 0.4) is 0 Å². The van der Waals surface area contributed by atoms with E-state index in [0.717, 1.165) is 27.6 Å². The maximum absolute atomic E-state index is 13.3. The highest BCUT2D eigenvalue weighted by atomic mass is 32.1. The molecule has 0 aliphatic heterocycles. The van der Waals surface area contributed by atoms with Gasteiger partial charge < -0.3 is 5.32 Å². The number of hydrogen-bond acceptors (Lipinski definition) is 4. The molecule has 0 radical (unpaired) electrons. The average molecular weight is 454 g/mol. The first kappa shape index (κ1) is 21.1. The normalized spacial score (nSPS) is 11.4. The number of nitrogens with one attached hydrogen (secondary N) is 1. The minimum absolute atomic E-state index is 0.105. The molecule has 0 saturated heterocycles. The van der Waals surface area contributed by atoms with Crippen LogP contribution in [0, 0.1) is 0 Å². The van der Waals surface area contributed by atoms with E-state index >= 15 is 0 Å². The molecule has 0 spiro atoms. The van der Waals surface area contributed by atoms with Gasteiger partial charge in [0, 0.05) is 22.0 Å². The van der Waals surface area contributed by atoms with Crippen molar-refractivity contribution in [2.45, 2.75) is 26.3 Å². The maximum atomic E-state index is 13.3. The van der Waals surface area contributed by atoms with Crippen LogP contribution in [0.25, 0.3) is 32.1 Å². The largest absolute Gasteiger partial charge is 0.324 e. The van der Waals surface area contributed by atoms with Gasteiger partial charge in [-0.25, -0.2) is 4.98 Å². The Balaban J connectivity index is 1.45. The fourth-order valence-corrected chi connectivity index (χ4v) is 4.93. The van der Waals surface area contributed by atoms with Gasteiger partial charge in [0.25, 0.3) is 5.56 Å². The van der Waals surface area contributed by atoms with Gasteiger partial charge >= 0.3 is 0 Å². The molecule has 0 aliphatic carbocycles. The van der Waals surface area contributed by atoms with E-state index in [4.69, 9.17) is 0 Å². The Morgan fingerprint density at radius 3 is 2.58 bits per heavy atom. The molecule has 164 valence electrons. The van der Waals surface area contributed by atoms with Gasteiger partial charge in [0.15, 0.2) is 0 Å². The van der Waals surface area contributed by atoms with E-state index in [1.807, 2.05) is 60.0 Å². The summed E-state index contributed by atoms with van der Waals surface area (Å²) in [5.74, 6) is 0.171. The van der Waals surface area contributed by atoms with Crippen LogP contribution in [-0.2, 0) is 11.3 Å². The highest BCUT2D eigenvalue weighted by molar-refractivity contribution is 7.17. The highest BCUT2D eigenvalue weighted by Gasteiger charge is 2.15. The summed E-state index contributed by atoms with van der Waals surface area (Å²) in [6.07, 6.45) is 1.45. The van der Waals surface area contributed by atoms with Gasteiger partial charge in [-0.2, -0.15) is 0 Å². The lowest BCUT2D eigenvalue weighted by molar-refractivity contribution is -0.116. The van der Waals surface area contributed by atoms with Crippen molar-refractivity contribution in [3.05, 3.63) is 94.4 Å². The molecular weight excluding hydrogens is 430 g/mol. The van der Waals surface area contributed by atoms with E-state index in [0.29, 0.717) is 16.1 Å². The van der Waals surface area contributed by atoms with E-state index in [1.165, 1.54) is 27.8 Å². The minimum Gasteiger partial charge on any atom is -0.324 e. The number of fused-ring (bicyclic) bond motifs is 2. The van der Waals surface area contributed by atoms with E-state index < -0.39 is 0 Å². The molecule has 0 bridgehead atoms. The fourth-order valence-electron chi connectivity index (χ4n) is 4.02. The molecule has 1 N–H and O–H groups in total. The Kier molecular flexibility index (Phi) is 5.52. The standard InChI is InChI=1S/C27H23N3O2S/c1-17(2)18-10-12-20(13-11-18)22-15-33-26-25(22)27(32)30(16-28-26)14-24(31)29-23-9-5-7-19-6-3-4-8-21(19)23/h3-13,15-17H,14H2,1-2H3,(H,29,31). The average Bonchev–Trinajstić information content (AvgIpc) is 3.26. The van der Waals surface area contributed by atoms with Crippen molar-refractivity contribution in [1.29, 1.82) is 0 Å². The Morgan fingerprint density at radius 1 is 1.03 bits per heavy atom. The van der Waals surface area contributed by atoms with Crippen LogP contribution in [0.1, 0.15) is 25.3 Å². The van der Waals surface area contributed by atoms with Crippen LogP contribution >= 0.6 is 11.3 Å². The molecule has 0 saturated carbocycles. The summed E-state index contributed by atoms with van der Waals surface area (Å²) in [4.78, 5) is 31.2. The monoisotopic (exact) mass is 453 g/mol. The Labute approximate surface area is 195 Å². The van der Waals surface area contributed by atoms with Crippen molar-refractivity contribution in [1.82, 2.24) is 9.55 Å².